The Balaban J connectivity index is 1.48. The summed E-state index contributed by atoms with van der Waals surface area (Å²) in [6.45, 7) is 1.75. The lowest BCUT2D eigenvalue weighted by atomic mass is 9.96. The Morgan fingerprint density at radius 1 is 0.864 bits per heavy atom. The Hall–Kier alpha value is -2.33. The minimum Gasteiger partial charge on any atom is -0.326 e. The van der Waals surface area contributed by atoms with Gasteiger partial charge in [-0.15, -0.1) is 0 Å². The zero-order valence-electron chi connectivity index (χ0n) is 12.5. The fourth-order valence-electron chi connectivity index (χ4n) is 2.71. The number of benzene rings is 2. The molecule has 1 aliphatic rings. The summed E-state index contributed by atoms with van der Waals surface area (Å²) in [5.41, 5.74) is 5.36. The van der Waals surface area contributed by atoms with Crippen LogP contribution in [0.2, 0.25) is 0 Å². The van der Waals surface area contributed by atoms with Crippen molar-refractivity contribution in [2.45, 2.75) is 12.8 Å². The van der Waals surface area contributed by atoms with Crippen molar-refractivity contribution in [2.75, 3.05) is 23.8 Å². The van der Waals surface area contributed by atoms with E-state index in [9.17, 15) is 4.79 Å². The first-order chi connectivity index (χ1) is 10.8. The van der Waals surface area contributed by atoms with Crippen LogP contribution in [-0.4, -0.2) is 24.0 Å². The van der Waals surface area contributed by atoms with E-state index in [2.05, 4.69) is 15.8 Å². The number of piperidine rings is 1. The lowest BCUT2D eigenvalue weighted by molar-refractivity contribution is -0.121. The fraction of sp³-hybridized carbons (Fsp3) is 0.278. The van der Waals surface area contributed by atoms with Crippen molar-refractivity contribution in [1.82, 2.24) is 5.01 Å². The maximum atomic E-state index is 12.3. The van der Waals surface area contributed by atoms with Crippen LogP contribution in [0.4, 0.5) is 11.4 Å². The molecule has 1 saturated heterocycles. The number of hydrogen-bond donors (Lipinski definition) is 2. The first-order valence-corrected chi connectivity index (χ1v) is 7.74. The van der Waals surface area contributed by atoms with E-state index in [0.717, 1.165) is 37.3 Å². The lowest BCUT2D eigenvalue weighted by Crippen LogP contribution is -2.41. The van der Waals surface area contributed by atoms with Crippen LogP contribution < -0.4 is 10.7 Å². The minimum atomic E-state index is 0.0917. The molecule has 0 radical (unpaired) electrons. The second-order valence-corrected chi connectivity index (χ2v) is 5.59. The molecule has 0 saturated carbocycles. The van der Waals surface area contributed by atoms with Gasteiger partial charge in [0.05, 0.1) is 0 Å². The number of nitrogens with zero attached hydrogens (tertiary/aromatic N) is 1. The molecule has 114 valence electrons. The van der Waals surface area contributed by atoms with Crippen LogP contribution in [0.1, 0.15) is 12.8 Å². The van der Waals surface area contributed by atoms with Crippen LogP contribution in [0.15, 0.2) is 60.7 Å². The molecule has 1 amide bonds. The molecular formula is C18H21N3O. The molecule has 0 unspecified atom stereocenters. The third-order valence-corrected chi connectivity index (χ3v) is 3.97. The van der Waals surface area contributed by atoms with E-state index in [0.29, 0.717) is 0 Å². The number of rotatable bonds is 4. The average molecular weight is 295 g/mol. The maximum Gasteiger partial charge on any atom is 0.227 e. The Labute approximate surface area is 131 Å². The Bertz CT molecular complexity index is 592. The Morgan fingerprint density at radius 2 is 1.41 bits per heavy atom. The summed E-state index contributed by atoms with van der Waals surface area (Å²) in [7, 11) is 0. The molecular weight excluding hydrogens is 274 g/mol. The number of anilines is 2. The van der Waals surface area contributed by atoms with Gasteiger partial charge in [-0.2, -0.15) is 0 Å². The number of hydrogen-bond acceptors (Lipinski definition) is 3. The number of nitrogens with one attached hydrogen (secondary N) is 2. The molecule has 0 spiro atoms. The summed E-state index contributed by atoms with van der Waals surface area (Å²) in [5.74, 6) is 0.222. The van der Waals surface area contributed by atoms with E-state index >= 15 is 0 Å². The predicted molar refractivity (Wildman–Crippen MR) is 89.4 cm³/mol. The topological polar surface area (TPSA) is 44.4 Å². The quantitative estimate of drug-likeness (QED) is 0.909. The molecule has 0 bridgehead atoms. The van der Waals surface area contributed by atoms with Gasteiger partial charge in [0, 0.05) is 30.4 Å². The number of hydrazine groups is 1. The summed E-state index contributed by atoms with van der Waals surface area (Å²) >= 11 is 0. The normalized spacial score (nSPS) is 16.2. The van der Waals surface area contributed by atoms with Crippen molar-refractivity contribution in [3.05, 3.63) is 60.7 Å². The number of amides is 1. The molecule has 0 aromatic heterocycles. The number of carbonyl (C=O) groups excluding carboxylic acids is 1. The van der Waals surface area contributed by atoms with Crippen molar-refractivity contribution in [3.63, 3.8) is 0 Å². The third-order valence-electron chi connectivity index (χ3n) is 3.97. The van der Waals surface area contributed by atoms with Crippen LogP contribution in [0, 0.1) is 5.92 Å². The molecule has 2 N–H and O–H groups in total. The predicted octanol–water partition coefficient (Wildman–Crippen LogP) is 3.36. The van der Waals surface area contributed by atoms with Gasteiger partial charge in [0.1, 0.15) is 0 Å². The maximum absolute atomic E-state index is 12.3. The van der Waals surface area contributed by atoms with Gasteiger partial charge in [-0.25, -0.2) is 5.01 Å². The molecule has 2 aromatic rings. The summed E-state index contributed by atoms with van der Waals surface area (Å²) in [6.07, 6.45) is 1.75. The highest BCUT2D eigenvalue weighted by Crippen LogP contribution is 2.20. The van der Waals surface area contributed by atoms with Crippen LogP contribution in [0.3, 0.4) is 0 Å². The molecule has 2 aromatic carbocycles. The highest BCUT2D eigenvalue weighted by molar-refractivity contribution is 5.92. The zero-order chi connectivity index (χ0) is 15.2. The summed E-state index contributed by atoms with van der Waals surface area (Å²) in [5, 5.41) is 5.18. The zero-order valence-corrected chi connectivity index (χ0v) is 12.5. The van der Waals surface area contributed by atoms with Gasteiger partial charge < -0.3 is 10.7 Å². The molecule has 22 heavy (non-hydrogen) atoms. The number of carbonyl (C=O) groups is 1. The first-order valence-electron chi connectivity index (χ1n) is 7.74. The van der Waals surface area contributed by atoms with Gasteiger partial charge in [-0.3, -0.25) is 4.79 Å². The second kappa shape index (κ2) is 7.09. The van der Waals surface area contributed by atoms with E-state index < -0.39 is 0 Å². The van der Waals surface area contributed by atoms with Crippen LogP contribution in [-0.2, 0) is 4.79 Å². The molecule has 4 heteroatoms. The first kappa shape index (κ1) is 14.6. The van der Waals surface area contributed by atoms with E-state index in [4.69, 9.17) is 0 Å². The van der Waals surface area contributed by atoms with Crippen molar-refractivity contribution in [1.29, 1.82) is 0 Å². The van der Waals surface area contributed by atoms with Crippen molar-refractivity contribution in [2.24, 2.45) is 5.92 Å². The molecule has 0 aliphatic carbocycles. The van der Waals surface area contributed by atoms with Gasteiger partial charge in [0.15, 0.2) is 0 Å². The summed E-state index contributed by atoms with van der Waals surface area (Å²) in [6, 6.07) is 19.8. The van der Waals surface area contributed by atoms with Crippen LogP contribution in [0.5, 0.6) is 0 Å². The summed E-state index contributed by atoms with van der Waals surface area (Å²) < 4.78 is 0. The van der Waals surface area contributed by atoms with E-state index in [1.807, 2.05) is 60.7 Å². The minimum absolute atomic E-state index is 0.0917. The smallest absolute Gasteiger partial charge is 0.227 e. The largest absolute Gasteiger partial charge is 0.326 e. The lowest BCUT2D eigenvalue weighted by Gasteiger charge is -2.32. The standard InChI is InChI=1S/C18H21N3O/c22-18(19-16-7-3-1-4-8-16)15-11-13-21(14-12-15)20-17-9-5-2-6-10-17/h1-10,15,20H,11-14H2,(H,19,22). The van der Waals surface area contributed by atoms with E-state index in [-0.39, 0.29) is 11.8 Å². The molecule has 1 fully saturated rings. The monoisotopic (exact) mass is 295 g/mol. The van der Waals surface area contributed by atoms with Gasteiger partial charge in [-0.1, -0.05) is 36.4 Å². The molecule has 3 rings (SSSR count). The SMILES string of the molecule is O=C(Nc1ccccc1)C1CCN(Nc2ccccc2)CC1. The van der Waals surface area contributed by atoms with Crippen LogP contribution in [0.25, 0.3) is 0 Å². The van der Waals surface area contributed by atoms with Crippen molar-refractivity contribution >= 4 is 17.3 Å². The second-order valence-electron chi connectivity index (χ2n) is 5.59. The van der Waals surface area contributed by atoms with Gasteiger partial charge in [0.25, 0.3) is 0 Å². The summed E-state index contributed by atoms with van der Waals surface area (Å²) in [4.78, 5) is 12.3. The van der Waals surface area contributed by atoms with Crippen molar-refractivity contribution in [3.8, 4) is 0 Å². The molecule has 0 atom stereocenters. The Kier molecular flexibility index (Phi) is 4.71. The molecule has 1 heterocycles. The highest BCUT2D eigenvalue weighted by Gasteiger charge is 2.24. The number of para-hydroxylation sites is 2. The van der Waals surface area contributed by atoms with E-state index in [1.54, 1.807) is 0 Å². The Morgan fingerprint density at radius 3 is 2.00 bits per heavy atom. The van der Waals surface area contributed by atoms with Crippen molar-refractivity contribution < 1.29 is 4.79 Å². The van der Waals surface area contributed by atoms with Gasteiger partial charge in [0.2, 0.25) is 5.91 Å². The van der Waals surface area contributed by atoms with E-state index in [1.165, 1.54) is 0 Å². The molecule has 1 aliphatic heterocycles. The van der Waals surface area contributed by atoms with Crippen LogP contribution >= 0.6 is 0 Å². The molecule has 4 nitrogen and oxygen atoms in total. The van der Waals surface area contributed by atoms with Gasteiger partial charge >= 0.3 is 0 Å². The van der Waals surface area contributed by atoms with Gasteiger partial charge in [-0.05, 0) is 37.1 Å². The third kappa shape index (κ3) is 3.86. The highest BCUT2D eigenvalue weighted by atomic mass is 16.1. The average Bonchev–Trinajstić information content (AvgIpc) is 2.57. The fourth-order valence-corrected chi connectivity index (χ4v) is 2.71.